The molecule has 164 valence electrons. The van der Waals surface area contributed by atoms with Crippen molar-refractivity contribution in [3.8, 4) is 0 Å². The number of benzene rings is 2. The molecule has 2 N–H and O–H groups in total. The molecule has 10 heteroatoms. The van der Waals surface area contributed by atoms with Crippen molar-refractivity contribution in [2.75, 3.05) is 0 Å². The Labute approximate surface area is 182 Å². The lowest BCUT2D eigenvalue weighted by molar-refractivity contribution is -0.137. The molecule has 0 aliphatic heterocycles. The van der Waals surface area contributed by atoms with Crippen LogP contribution in [0.25, 0.3) is 10.9 Å². The van der Waals surface area contributed by atoms with Gasteiger partial charge in [-0.15, -0.1) is 0 Å². The minimum absolute atomic E-state index is 0.0693. The fourth-order valence-corrected chi connectivity index (χ4v) is 5.55. The number of fused-ring (bicyclic) bond motifs is 3. The molecule has 0 saturated carbocycles. The molecule has 1 aromatic heterocycles. The zero-order chi connectivity index (χ0) is 22.3. The van der Waals surface area contributed by atoms with Crippen molar-refractivity contribution in [1.29, 1.82) is 0 Å². The topological polar surface area (TPSA) is 88.4 Å². The van der Waals surface area contributed by atoms with Gasteiger partial charge in [0.2, 0.25) is 10.0 Å². The summed E-state index contributed by atoms with van der Waals surface area (Å²) in [5.74, 6) is -2.52. The number of halogens is 3. The summed E-state index contributed by atoms with van der Waals surface area (Å²) >= 11 is 5.82. The molecule has 1 aliphatic rings. The number of carbonyl (C=O) groups is 1. The van der Waals surface area contributed by atoms with Crippen LogP contribution < -0.4 is 4.72 Å². The third-order valence-corrected chi connectivity index (χ3v) is 7.26. The third kappa shape index (κ3) is 4.30. The van der Waals surface area contributed by atoms with Gasteiger partial charge in [-0.25, -0.2) is 21.9 Å². The minimum Gasteiger partial charge on any atom is -0.481 e. The Morgan fingerprint density at radius 2 is 1.94 bits per heavy atom. The molecule has 4 rings (SSSR count). The van der Waals surface area contributed by atoms with E-state index >= 15 is 0 Å². The normalized spacial score (nSPS) is 16.4. The summed E-state index contributed by atoms with van der Waals surface area (Å²) in [6.45, 7) is 0.0746. The standard InChI is InChI=1S/C21H19ClF2N2O4S/c22-12-1-4-15(5-2-12)31(29,30)25-14-3-6-18-16(11-14)21-17(24)9-13(23)10-19(21)26(18)8-7-20(27)28/h1-2,4-5,9-10,14,25H,3,6-8,11H2,(H,27,28). The fourth-order valence-electron chi connectivity index (χ4n) is 4.15. The predicted molar refractivity (Wildman–Crippen MR) is 112 cm³/mol. The molecule has 0 fully saturated rings. The average Bonchev–Trinajstić information content (AvgIpc) is 2.99. The summed E-state index contributed by atoms with van der Waals surface area (Å²) in [5.41, 5.74) is 1.57. The second-order valence-corrected chi connectivity index (χ2v) is 9.67. The molecule has 1 heterocycles. The molecule has 6 nitrogen and oxygen atoms in total. The summed E-state index contributed by atoms with van der Waals surface area (Å²) in [6, 6.07) is 7.25. The molecule has 0 amide bonds. The molecule has 3 aromatic rings. The van der Waals surface area contributed by atoms with Crippen LogP contribution >= 0.6 is 11.6 Å². The van der Waals surface area contributed by atoms with E-state index in [2.05, 4.69) is 4.72 Å². The Morgan fingerprint density at radius 1 is 1.23 bits per heavy atom. The van der Waals surface area contributed by atoms with Crippen LogP contribution in [0.4, 0.5) is 8.78 Å². The first-order valence-electron chi connectivity index (χ1n) is 9.64. The maximum atomic E-state index is 14.7. The van der Waals surface area contributed by atoms with Gasteiger partial charge in [-0.05, 0) is 55.2 Å². The van der Waals surface area contributed by atoms with E-state index in [4.69, 9.17) is 16.7 Å². The molecule has 0 spiro atoms. The highest BCUT2D eigenvalue weighted by Gasteiger charge is 2.30. The number of aromatic nitrogens is 1. The SMILES string of the molecule is O=C(O)CCn1c2c(c3c(F)cc(F)cc31)CC(NS(=O)(=O)c1ccc(Cl)cc1)CC2. The highest BCUT2D eigenvalue weighted by Crippen LogP contribution is 2.35. The van der Waals surface area contributed by atoms with Crippen molar-refractivity contribution in [2.45, 2.75) is 43.2 Å². The average molecular weight is 469 g/mol. The highest BCUT2D eigenvalue weighted by atomic mass is 35.5. The molecule has 1 unspecified atom stereocenters. The Bertz CT molecular complexity index is 1270. The fraction of sp³-hybridized carbons (Fsp3) is 0.286. The van der Waals surface area contributed by atoms with Crippen LogP contribution in [0.3, 0.4) is 0 Å². The monoisotopic (exact) mass is 468 g/mol. The quantitative estimate of drug-likeness (QED) is 0.574. The van der Waals surface area contributed by atoms with Gasteiger partial charge in [-0.2, -0.15) is 0 Å². The van der Waals surface area contributed by atoms with Gasteiger partial charge in [0, 0.05) is 34.8 Å². The molecule has 31 heavy (non-hydrogen) atoms. The van der Waals surface area contributed by atoms with Crippen LogP contribution in [-0.2, 0) is 34.2 Å². The van der Waals surface area contributed by atoms with Crippen LogP contribution in [0.2, 0.25) is 5.02 Å². The summed E-state index contributed by atoms with van der Waals surface area (Å²) in [4.78, 5) is 11.1. The number of aliphatic carboxylic acids is 1. The van der Waals surface area contributed by atoms with Crippen LogP contribution in [0, 0.1) is 11.6 Å². The second-order valence-electron chi connectivity index (χ2n) is 7.52. The van der Waals surface area contributed by atoms with E-state index < -0.39 is 33.7 Å². The number of nitrogens with one attached hydrogen (secondary N) is 1. The molecule has 0 bridgehead atoms. The molecule has 0 saturated heterocycles. The number of aryl methyl sites for hydroxylation is 1. The first-order chi connectivity index (χ1) is 14.7. The minimum atomic E-state index is -3.81. The van der Waals surface area contributed by atoms with Gasteiger partial charge in [0.15, 0.2) is 0 Å². The molecule has 2 aromatic carbocycles. The Balaban J connectivity index is 1.69. The van der Waals surface area contributed by atoms with Crippen molar-refractivity contribution in [1.82, 2.24) is 9.29 Å². The first kappa shape index (κ1) is 21.7. The van der Waals surface area contributed by atoms with Crippen LogP contribution in [-0.4, -0.2) is 30.1 Å². The van der Waals surface area contributed by atoms with Crippen molar-refractivity contribution in [2.24, 2.45) is 0 Å². The maximum Gasteiger partial charge on any atom is 0.305 e. The van der Waals surface area contributed by atoms with Gasteiger partial charge in [0.05, 0.1) is 16.8 Å². The number of nitrogens with zero attached hydrogens (tertiary/aromatic N) is 1. The largest absolute Gasteiger partial charge is 0.481 e. The van der Waals surface area contributed by atoms with Crippen molar-refractivity contribution in [3.05, 3.63) is 64.3 Å². The van der Waals surface area contributed by atoms with Gasteiger partial charge in [0.25, 0.3) is 0 Å². The van der Waals surface area contributed by atoms with E-state index in [0.717, 1.165) is 6.07 Å². The second kappa shape index (κ2) is 8.22. The lowest BCUT2D eigenvalue weighted by Gasteiger charge is -2.25. The molecular weight excluding hydrogens is 450 g/mol. The maximum absolute atomic E-state index is 14.7. The third-order valence-electron chi connectivity index (χ3n) is 5.48. The van der Waals surface area contributed by atoms with Crippen LogP contribution in [0.15, 0.2) is 41.3 Å². The van der Waals surface area contributed by atoms with Gasteiger partial charge >= 0.3 is 5.97 Å². The number of carboxylic acids is 1. The van der Waals surface area contributed by atoms with E-state index in [1.165, 1.54) is 30.3 Å². The Kier molecular flexibility index (Phi) is 5.76. The van der Waals surface area contributed by atoms with Crippen molar-refractivity contribution < 1.29 is 27.1 Å². The van der Waals surface area contributed by atoms with Gasteiger partial charge in [0.1, 0.15) is 11.6 Å². The zero-order valence-electron chi connectivity index (χ0n) is 16.2. The summed E-state index contributed by atoms with van der Waals surface area (Å²) in [6.07, 6.45) is 0.855. The Hall–Kier alpha value is -2.49. The summed E-state index contributed by atoms with van der Waals surface area (Å²) < 4.78 is 58.3. The van der Waals surface area contributed by atoms with Crippen LogP contribution in [0.5, 0.6) is 0 Å². The molecule has 1 aliphatic carbocycles. The first-order valence-corrected chi connectivity index (χ1v) is 11.5. The van der Waals surface area contributed by atoms with E-state index in [1.54, 1.807) is 4.57 Å². The molecular formula is C21H19ClF2N2O4S. The number of rotatable bonds is 6. The molecule has 1 atom stereocenters. The smallest absolute Gasteiger partial charge is 0.305 e. The van der Waals surface area contributed by atoms with Gasteiger partial charge in [-0.1, -0.05) is 11.6 Å². The number of hydrogen-bond donors (Lipinski definition) is 2. The lowest BCUT2D eigenvalue weighted by Crippen LogP contribution is -2.39. The number of hydrogen-bond acceptors (Lipinski definition) is 3. The summed E-state index contributed by atoms with van der Waals surface area (Å²) in [7, 11) is -3.81. The zero-order valence-corrected chi connectivity index (χ0v) is 17.8. The lowest BCUT2D eigenvalue weighted by atomic mass is 9.92. The van der Waals surface area contributed by atoms with E-state index in [9.17, 15) is 22.0 Å². The Morgan fingerprint density at radius 3 is 2.61 bits per heavy atom. The van der Waals surface area contributed by atoms with Crippen molar-refractivity contribution in [3.63, 3.8) is 0 Å². The van der Waals surface area contributed by atoms with Gasteiger partial charge in [-0.3, -0.25) is 4.79 Å². The van der Waals surface area contributed by atoms with Gasteiger partial charge < -0.3 is 9.67 Å². The van der Waals surface area contributed by atoms with E-state index in [1.807, 2.05) is 0 Å². The molecule has 0 radical (unpaired) electrons. The van der Waals surface area contributed by atoms with Crippen LogP contribution in [0.1, 0.15) is 24.1 Å². The highest BCUT2D eigenvalue weighted by molar-refractivity contribution is 7.89. The number of sulfonamides is 1. The summed E-state index contributed by atoms with van der Waals surface area (Å²) in [5, 5.41) is 9.67. The number of carboxylic acid groups (broad SMARTS) is 1. The van der Waals surface area contributed by atoms with E-state index in [-0.39, 0.29) is 35.2 Å². The van der Waals surface area contributed by atoms with E-state index in [0.29, 0.717) is 29.1 Å². The van der Waals surface area contributed by atoms with Crippen molar-refractivity contribution >= 4 is 38.5 Å². The predicted octanol–water partition coefficient (Wildman–Crippen LogP) is 3.88.